The van der Waals surface area contributed by atoms with Crippen LogP contribution in [0, 0.1) is 5.92 Å². The Labute approximate surface area is 73.9 Å². The molecule has 1 aliphatic rings. The first-order valence-electron chi connectivity index (χ1n) is 4.74. The summed E-state index contributed by atoms with van der Waals surface area (Å²) in [6.07, 6.45) is 4.71. The third-order valence-electron chi connectivity index (χ3n) is 2.23. The van der Waals surface area contributed by atoms with E-state index in [1.165, 1.54) is 19.3 Å². The van der Waals surface area contributed by atoms with Crippen molar-refractivity contribution in [2.24, 2.45) is 5.92 Å². The molecule has 0 spiro atoms. The Morgan fingerprint density at radius 1 is 1.42 bits per heavy atom. The summed E-state index contributed by atoms with van der Waals surface area (Å²) in [6.45, 7) is 1.88. The zero-order valence-corrected chi connectivity index (χ0v) is 7.73. The highest BCUT2D eigenvalue weighted by molar-refractivity contribution is 5.75. The maximum Gasteiger partial charge on any atom is 0.221 e. The molecule has 1 amide bonds. The fourth-order valence-corrected chi connectivity index (χ4v) is 1.16. The van der Waals surface area contributed by atoms with Gasteiger partial charge in [-0.25, -0.2) is 0 Å². The molecule has 1 saturated carbocycles. The molecule has 0 unspecified atom stereocenters. The van der Waals surface area contributed by atoms with Crippen molar-refractivity contribution in [2.45, 2.75) is 25.7 Å². The summed E-state index contributed by atoms with van der Waals surface area (Å²) in [5, 5.41) is 5.86. The van der Waals surface area contributed by atoms with Gasteiger partial charge in [0.1, 0.15) is 0 Å². The van der Waals surface area contributed by atoms with E-state index in [1.807, 2.05) is 0 Å². The van der Waals surface area contributed by atoms with Crippen molar-refractivity contribution in [1.29, 1.82) is 0 Å². The largest absolute Gasteiger partial charge is 0.359 e. The average molecular weight is 170 g/mol. The Morgan fingerprint density at radius 2 is 2.17 bits per heavy atom. The number of amides is 1. The van der Waals surface area contributed by atoms with Crippen molar-refractivity contribution >= 4 is 5.91 Å². The SMILES string of the molecule is CNC(=O)CCNCCC1CC1. The molecule has 70 valence electrons. The molecule has 0 aromatic carbocycles. The van der Waals surface area contributed by atoms with Gasteiger partial charge in [0.25, 0.3) is 0 Å². The molecule has 0 aromatic rings. The minimum atomic E-state index is 0.119. The Kier molecular flexibility index (Phi) is 4.08. The van der Waals surface area contributed by atoms with Gasteiger partial charge >= 0.3 is 0 Å². The molecule has 0 heterocycles. The monoisotopic (exact) mass is 170 g/mol. The Balaban J connectivity index is 1.78. The summed E-state index contributed by atoms with van der Waals surface area (Å²) < 4.78 is 0. The van der Waals surface area contributed by atoms with Gasteiger partial charge in [0.05, 0.1) is 0 Å². The lowest BCUT2D eigenvalue weighted by Crippen LogP contribution is -2.25. The average Bonchev–Trinajstić information content (AvgIpc) is 2.87. The molecule has 0 aliphatic heterocycles. The van der Waals surface area contributed by atoms with Gasteiger partial charge in [0, 0.05) is 20.0 Å². The molecule has 0 atom stereocenters. The van der Waals surface area contributed by atoms with Crippen LogP contribution >= 0.6 is 0 Å². The van der Waals surface area contributed by atoms with E-state index in [0.717, 1.165) is 19.0 Å². The van der Waals surface area contributed by atoms with Crippen LogP contribution in [0.3, 0.4) is 0 Å². The van der Waals surface area contributed by atoms with Crippen molar-refractivity contribution in [2.75, 3.05) is 20.1 Å². The molecule has 0 saturated heterocycles. The van der Waals surface area contributed by atoms with Crippen molar-refractivity contribution in [3.8, 4) is 0 Å². The van der Waals surface area contributed by atoms with Gasteiger partial charge in [-0.05, 0) is 18.9 Å². The number of rotatable bonds is 6. The normalized spacial score (nSPS) is 16.1. The minimum Gasteiger partial charge on any atom is -0.359 e. The van der Waals surface area contributed by atoms with Gasteiger partial charge in [-0.1, -0.05) is 12.8 Å². The third-order valence-corrected chi connectivity index (χ3v) is 2.23. The predicted octanol–water partition coefficient (Wildman–Crippen LogP) is 0.512. The van der Waals surface area contributed by atoms with Crippen LogP contribution in [0.5, 0.6) is 0 Å². The molecule has 1 aliphatic carbocycles. The second kappa shape index (κ2) is 5.14. The maximum absolute atomic E-state index is 10.8. The summed E-state index contributed by atoms with van der Waals surface area (Å²) in [7, 11) is 1.67. The first kappa shape index (κ1) is 9.52. The standard InChI is InChI=1S/C9H18N2O/c1-10-9(12)5-7-11-6-4-8-2-3-8/h8,11H,2-7H2,1H3,(H,10,12). The first-order valence-corrected chi connectivity index (χ1v) is 4.74. The van der Waals surface area contributed by atoms with Crippen LogP contribution in [0.15, 0.2) is 0 Å². The van der Waals surface area contributed by atoms with Gasteiger partial charge < -0.3 is 10.6 Å². The van der Waals surface area contributed by atoms with E-state index >= 15 is 0 Å². The topological polar surface area (TPSA) is 41.1 Å². The van der Waals surface area contributed by atoms with E-state index in [2.05, 4.69) is 10.6 Å². The van der Waals surface area contributed by atoms with E-state index in [9.17, 15) is 4.79 Å². The quantitative estimate of drug-likeness (QED) is 0.570. The van der Waals surface area contributed by atoms with Gasteiger partial charge in [-0.15, -0.1) is 0 Å². The van der Waals surface area contributed by atoms with Crippen LogP contribution < -0.4 is 10.6 Å². The van der Waals surface area contributed by atoms with Crippen LogP contribution in [0.1, 0.15) is 25.7 Å². The fourth-order valence-electron chi connectivity index (χ4n) is 1.16. The lowest BCUT2D eigenvalue weighted by Gasteiger charge is -2.02. The summed E-state index contributed by atoms with van der Waals surface area (Å²) in [5.74, 6) is 1.10. The van der Waals surface area contributed by atoms with Crippen molar-refractivity contribution < 1.29 is 4.79 Å². The molecule has 2 N–H and O–H groups in total. The highest BCUT2D eigenvalue weighted by Gasteiger charge is 2.19. The highest BCUT2D eigenvalue weighted by Crippen LogP contribution is 2.31. The second-order valence-electron chi connectivity index (χ2n) is 3.41. The summed E-state index contributed by atoms with van der Waals surface area (Å²) in [4.78, 5) is 10.8. The van der Waals surface area contributed by atoms with Gasteiger partial charge in [-0.2, -0.15) is 0 Å². The Bertz CT molecular complexity index is 143. The predicted molar refractivity (Wildman–Crippen MR) is 48.9 cm³/mol. The van der Waals surface area contributed by atoms with Crippen LogP contribution in [-0.4, -0.2) is 26.0 Å². The Hall–Kier alpha value is -0.570. The summed E-state index contributed by atoms with van der Waals surface area (Å²) in [5.41, 5.74) is 0. The lowest BCUT2D eigenvalue weighted by molar-refractivity contribution is -0.120. The van der Waals surface area contributed by atoms with Crippen molar-refractivity contribution in [3.63, 3.8) is 0 Å². The molecule has 1 fully saturated rings. The smallest absolute Gasteiger partial charge is 0.221 e. The highest BCUT2D eigenvalue weighted by atomic mass is 16.1. The molecule has 0 radical (unpaired) electrons. The van der Waals surface area contributed by atoms with Crippen LogP contribution in [0.2, 0.25) is 0 Å². The zero-order chi connectivity index (χ0) is 8.81. The molecular weight excluding hydrogens is 152 g/mol. The number of carbonyl (C=O) groups is 1. The van der Waals surface area contributed by atoms with E-state index < -0.39 is 0 Å². The van der Waals surface area contributed by atoms with E-state index in [1.54, 1.807) is 7.05 Å². The summed E-state index contributed by atoms with van der Waals surface area (Å²) >= 11 is 0. The molecule has 12 heavy (non-hydrogen) atoms. The van der Waals surface area contributed by atoms with Crippen LogP contribution in [0.25, 0.3) is 0 Å². The van der Waals surface area contributed by atoms with Gasteiger partial charge in [0.2, 0.25) is 5.91 Å². The van der Waals surface area contributed by atoms with E-state index in [4.69, 9.17) is 0 Å². The molecular formula is C9H18N2O. The molecule has 0 bridgehead atoms. The van der Waals surface area contributed by atoms with Crippen LogP contribution in [-0.2, 0) is 4.79 Å². The third kappa shape index (κ3) is 4.34. The lowest BCUT2D eigenvalue weighted by atomic mass is 10.3. The number of hydrogen-bond acceptors (Lipinski definition) is 2. The van der Waals surface area contributed by atoms with Gasteiger partial charge in [-0.3, -0.25) is 4.79 Å². The molecule has 3 heteroatoms. The minimum absolute atomic E-state index is 0.119. The van der Waals surface area contributed by atoms with Crippen molar-refractivity contribution in [3.05, 3.63) is 0 Å². The van der Waals surface area contributed by atoms with E-state index in [0.29, 0.717) is 6.42 Å². The Morgan fingerprint density at radius 3 is 2.75 bits per heavy atom. The number of carbonyl (C=O) groups excluding carboxylic acids is 1. The maximum atomic E-state index is 10.8. The van der Waals surface area contributed by atoms with Crippen molar-refractivity contribution in [1.82, 2.24) is 10.6 Å². The van der Waals surface area contributed by atoms with Gasteiger partial charge in [0.15, 0.2) is 0 Å². The first-order chi connectivity index (χ1) is 5.83. The zero-order valence-electron chi connectivity index (χ0n) is 7.73. The van der Waals surface area contributed by atoms with Crippen LogP contribution in [0.4, 0.5) is 0 Å². The molecule has 0 aromatic heterocycles. The van der Waals surface area contributed by atoms with E-state index in [-0.39, 0.29) is 5.91 Å². The molecule has 3 nitrogen and oxygen atoms in total. The second-order valence-corrected chi connectivity index (χ2v) is 3.41. The summed E-state index contributed by atoms with van der Waals surface area (Å²) in [6, 6.07) is 0. The number of nitrogens with one attached hydrogen (secondary N) is 2. The molecule has 1 rings (SSSR count). The number of hydrogen-bond donors (Lipinski definition) is 2. The fraction of sp³-hybridized carbons (Fsp3) is 0.889.